The minimum absolute atomic E-state index is 0.00926. The molecule has 0 N–H and O–H groups in total. The zero-order chi connectivity index (χ0) is 21.8. The summed E-state index contributed by atoms with van der Waals surface area (Å²) in [5.74, 6) is 2.37. The topological polar surface area (TPSA) is 0 Å². The van der Waals surface area contributed by atoms with Crippen molar-refractivity contribution in [3.63, 3.8) is 0 Å². The highest BCUT2D eigenvalue weighted by atomic mass is 19.2. The van der Waals surface area contributed by atoms with Crippen LogP contribution in [0.1, 0.15) is 116 Å². The molecule has 0 nitrogen and oxygen atoms in total. The molecule has 0 radical (unpaired) electrons. The summed E-state index contributed by atoms with van der Waals surface area (Å²) in [6.45, 7) is 2.18. The Morgan fingerprint density at radius 1 is 0.613 bits per heavy atom. The lowest BCUT2D eigenvalue weighted by molar-refractivity contribution is -0.0348. The fourth-order valence-electron chi connectivity index (χ4n) is 8.00. The van der Waals surface area contributed by atoms with Crippen molar-refractivity contribution in [2.75, 3.05) is 0 Å². The SMILES string of the molecule is CC1CCC(CCCC2CCC(C3CCC(C4CCCCC4)C(F)[C@H]3F)CC2)C(F)C1. The Labute approximate surface area is 189 Å². The summed E-state index contributed by atoms with van der Waals surface area (Å²) in [6, 6.07) is 0. The molecular formula is C28H47F3. The summed E-state index contributed by atoms with van der Waals surface area (Å²) in [4.78, 5) is 0. The monoisotopic (exact) mass is 440 g/mol. The molecular weight excluding hydrogens is 393 g/mol. The number of rotatable bonds is 6. The van der Waals surface area contributed by atoms with Crippen LogP contribution in [-0.4, -0.2) is 18.5 Å². The Kier molecular flexibility index (Phi) is 8.71. The fraction of sp³-hybridized carbons (Fsp3) is 1.00. The van der Waals surface area contributed by atoms with Gasteiger partial charge in [-0.05, 0) is 86.4 Å². The standard InChI is InChI=1S/C28H47F3/c1-19-10-13-23(26(29)18-19)9-5-6-20-11-14-22(15-12-20)25-17-16-24(27(30)28(25)31)21-7-3-2-4-8-21/h19-28H,2-18H2,1H3/t19?,20?,22?,23?,24?,25?,26?,27?,28-/m0/s1. The van der Waals surface area contributed by atoms with Crippen LogP contribution in [0.2, 0.25) is 0 Å². The lowest BCUT2D eigenvalue weighted by atomic mass is 9.64. The van der Waals surface area contributed by atoms with E-state index in [2.05, 4.69) is 6.92 Å². The molecule has 180 valence electrons. The zero-order valence-electron chi connectivity index (χ0n) is 19.9. The van der Waals surface area contributed by atoms with Gasteiger partial charge in [-0.2, -0.15) is 0 Å². The largest absolute Gasteiger partial charge is 0.247 e. The first kappa shape index (κ1) is 23.9. The van der Waals surface area contributed by atoms with Gasteiger partial charge >= 0.3 is 0 Å². The third-order valence-electron chi connectivity index (χ3n) is 10.1. The molecule has 0 spiro atoms. The molecule has 4 aliphatic carbocycles. The average molecular weight is 441 g/mol. The summed E-state index contributed by atoms with van der Waals surface area (Å²) in [5.41, 5.74) is 0. The first-order chi connectivity index (χ1) is 15.0. The van der Waals surface area contributed by atoms with Crippen molar-refractivity contribution >= 4 is 0 Å². The molecule has 0 aromatic heterocycles. The van der Waals surface area contributed by atoms with Crippen LogP contribution in [-0.2, 0) is 0 Å². The molecule has 0 aromatic carbocycles. The van der Waals surface area contributed by atoms with Gasteiger partial charge in [0.2, 0.25) is 0 Å². The molecule has 0 aliphatic heterocycles. The van der Waals surface area contributed by atoms with E-state index >= 15 is 8.78 Å². The number of halogens is 3. The van der Waals surface area contributed by atoms with Crippen molar-refractivity contribution in [1.82, 2.24) is 0 Å². The minimum atomic E-state index is -1.22. The predicted molar refractivity (Wildman–Crippen MR) is 123 cm³/mol. The van der Waals surface area contributed by atoms with Crippen molar-refractivity contribution in [1.29, 1.82) is 0 Å². The lowest BCUT2D eigenvalue weighted by Gasteiger charge is -2.44. The van der Waals surface area contributed by atoms with Gasteiger partial charge in [-0.15, -0.1) is 0 Å². The molecule has 4 aliphatic rings. The molecule has 31 heavy (non-hydrogen) atoms. The van der Waals surface area contributed by atoms with Gasteiger partial charge in [0.05, 0.1) is 0 Å². The highest BCUT2D eigenvalue weighted by Gasteiger charge is 2.46. The molecule has 4 saturated carbocycles. The van der Waals surface area contributed by atoms with Gasteiger partial charge in [0.15, 0.2) is 0 Å². The predicted octanol–water partition coefficient (Wildman–Crippen LogP) is 9.02. The van der Waals surface area contributed by atoms with Crippen molar-refractivity contribution in [2.45, 2.75) is 135 Å². The second-order valence-electron chi connectivity index (χ2n) is 12.1. The molecule has 4 fully saturated rings. The summed E-state index contributed by atoms with van der Waals surface area (Å²) >= 11 is 0. The number of hydrogen-bond acceptors (Lipinski definition) is 0. The molecule has 0 saturated heterocycles. The van der Waals surface area contributed by atoms with E-state index < -0.39 is 18.5 Å². The quantitative estimate of drug-likeness (QED) is 0.386. The van der Waals surface area contributed by atoms with Gasteiger partial charge in [0, 0.05) is 0 Å². The van der Waals surface area contributed by atoms with Gasteiger partial charge in [-0.25, -0.2) is 13.2 Å². The molecule has 4 rings (SSSR count). The van der Waals surface area contributed by atoms with Crippen LogP contribution in [0.4, 0.5) is 13.2 Å². The van der Waals surface area contributed by atoms with Gasteiger partial charge < -0.3 is 0 Å². The highest BCUT2D eigenvalue weighted by molar-refractivity contribution is 4.95. The molecule has 0 aromatic rings. The molecule has 7 atom stereocenters. The first-order valence-electron chi connectivity index (χ1n) is 13.9. The summed E-state index contributed by atoms with van der Waals surface area (Å²) in [7, 11) is 0. The van der Waals surface area contributed by atoms with E-state index in [1.165, 1.54) is 44.9 Å². The fourth-order valence-corrected chi connectivity index (χ4v) is 8.00. The van der Waals surface area contributed by atoms with Crippen LogP contribution in [0.15, 0.2) is 0 Å². The highest BCUT2D eigenvalue weighted by Crippen LogP contribution is 2.48. The third kappa shape index (κ3) is 6.03. The van der Waals surface area contributed by atoms with E-state index in [1.54, 1.807) is 0 Å². The summed E-state index contributed by atoms with van der Waals surface area (Å²) in [5, 5.41) is 0. The second-order valence-corrected chi connectivity index (χ2v) is 12.1. The van der Waals surface area contributed by atoms with E-state index in [1.807, 2.05) is 0 Å². The number of hydrogen-bond donors (Lipinski definition) is 0. The van der Waals surface area contributed by atoms with Gasteiger partial charge in [0.1, 0.15) is 18.5 Å². The summed E-state index contributed by atoms with van der Waals surface area (Å²) in [6.07, 6.45) is 15.7. The molecule has 6 unspecified atom stereocenters. The Hall–Kier alpha value is -0.210. The third-order valence-corrected chi connectivity index (χ3v) is 10.1. The normalized spacial score (nSPS) is 45.5. The van der Waals surface area contributed by atoms with Crippen molar-refractivity contribution in [3.05, 3.63) is 0 Å². The van der Waals surface area contributed by atoms with Crippen molar-refractivity contribution < 1.29 is 13.2 Å². The molecule has 0 heterocycles. The van der Waals surface area contributed by atoms with E-state index in [9.17, 15) is 4.39 Å². The Morgan fingerprint density at radius 2 is 1.23 bits per heavy atom. The lowest BCUT2D eigenvalue weighted by Crippen LogP contribution is -2.44. The molecule has 0 amide bonds. The van der Waals surface area contributed by atoms with Crippen LogP contribution in [0.25, 0.3) is 0 Å². The second kappa shape index (κ2) is 11.3. The Morgan fingerprint density at radius 3 is 1.84 bits per heavy atom. The minimum Gasteiger partial charge on any atom is -0.247 e. The maximum atomic E-state index is 15.2. The van der Waals surface area contributed by atoms with Crippen molar-refractivity contribution in [2.24, 2.45) is 41.4 Å². The van der Waals surface area contributed by atoms with Crippen LogP contribution >= 0.6 is 0 Å². The maximum absolute atomic E-state index is 15.2. The van der Waals surface area contributed by atoms with E-state index in [-0.39, 0.29) is 11.8 Å². The van der Waals surface area contributed by atoms with Gasteiger partial charge in [0.25, 0.3) is 0 Å². The van der Waals surface area contributed by atoms with E-state index in [0.717, 1.165) is 70.1 Å². The van der Waals surface area contributed by atoms with Crippen molar-refractivity contribution in [3.8, 4) is 0 Å². The average Bonchev–Trinajstić information content (AvgIpc) is 2.78. The van der Waals surface area contributed by atoms with Gasteiger partial charge in [-0.1, -0.05) is 71.1 Å². The molecule has 3 heteroatoms. The zero-order valence-corrected chi connectivity index (χ0v) is 19.9. The van der Waals surface area contributed by atoms with Crippen LogP contribution in [0.5, 0.6) is 0 Å². The number of alkyl halides is 3. The Balaban J connectivity index is 1.17. The van der Waals surface area contributed by atoms with E-state index in [4.69, 9.17) is 0 Å². The maximum Gasteiger partial charge on any atom is 0.134 e. The smallest absolute Gasteiger partial charge is 0.134 e. The summed E-state index contributed by atoms with van der Waals surface area (Å²) < 4.78 is 44.6. The van der Waals surface area contributed by atoms with Crippen LogP contribution in [0.3, 0.4) is 0 Å². The van der Waals surface area contributed by atoms with Crippen LogP contribution in [0, 0.1) is 41.4 Å². The molecule has 0 bridgehead atoms. The van der Waals surface area contributed by atoms with Crippen LogP contribution < -0.4 is 0 Å². The van der Waals surface area contributed by atoms with Gasteiger partial charge in [-0.3, -0.25) is 0 Å². The first-order valence-corrected chi connectivity index (χ1v) is 13.9. The van der Waals surface area contributed by atoms with E-state index in [0.29, 0.717) is 23.7 Å². The Bertz CT molecular complexity index is 522.